The molecule has 1 aromatic heterocycles. The second-order valence-corrected chi connectivity index (χ2v) is 5.82. The van der Waals surface area contributed by atoms with E-state index < -0.39 is 7.25 Å². The van der Waals surface area contributed by atoms with Gasteiger partial charge in [0, 0.05) is 6.07 Å². The summed E-state index contributed by atoms with van der Waals surface area (Å²) in [6, 6.07) is 25.0. The SMILES string of the molecule is Cc1cc(-c2ccccc2)[o+]c2c1ccc1ccccc12.F[B-](F)(F)F. The largest absolute Gasteiger partial charge is 0.673 e. The molecule has 0 bridgehead atoms. The first kappa shape index (κ1) is 17.9. The molecule has 132 valence electrons. The van der Waals surface area contributed by atoms with Crippen LogP contribution in [0.15, 0.2) is 77.2 Å². The van der Waals surface area contributed by atoms with Crippen molar-refractivity contribution in [3.63, 3.8) is 0 Å². The molecule has 0 N–H and O–H groups in total. The van der Waals surface area contributed by atoms with Crippen molar-refractivity contribution in [2.45, 2.75) is 6.92 Å². The van der Waals surface area contributed by atoms with Gasteiger partial charge in [0.1, 0.15) is 0 Å². The fraction of sp³-hybridized carbons (Fsp3) is 0.0500. The molecule has 0 atom stereocenters. The maximum atomic E-state index is 9.75. The standard InChI is InChI=1S/C20H15O.BF4/c1-14-13-19(16-8-3-2-4-9-16)21-20-17(14)12-11-15-7-5-6-10-18(15)20;2-1(3,4)5/h2-13H,1H3;/q+1;-1. The summed E-state index contributed by atoms with van der Waals surface area (Å²) in [5.41, 5.74) is 3.31. The van der Waals surface area contributed by atoms with Crippen LogP contribution in [0.25, 0.3) is 33.1 Å². The highest BCUT2D eigenvalue weighted by molar-refractivity contribution is 6.50. The average molecular weight is 358 g/mol. The van der Waals surface area contributed by atoms with Crippen LogP contribution >= 0.6 is 0 Å². The van der Waals surface area contributed by atoms with Gasteiger partial charge in [-0.3, -0.25) is 0 Å². The number of benzene rings is 3. The smallest absolute Gasteiger partial charge is 0.418 e. The van der Waals surface area contributed by atoms with E-state index in [9.17, 15) is 17.3 Å². The van der Waals surface area contributed by atoms with Crippen LogP contribution in [0.5, 0.6) is 0 Å². The molecule has 6 heteroatoms. The quantitative estimate of drug-likeness (QED) is 0.152. The molecule has 0 aliphatic rings. The Balaban J connectivity index is 0.000000349. The molecule has 0 amide bonds. The molecule has 0 fully saturated rings. The third-order valence-electron chi connectivity index (χ3n) is 3.92. The normalized spacial score (nSPS) is 11.3. The van der Waals surface area contributed by atoms with Crippen LogP contribution in [-0.2, 0) is 0 Å². The molecule has 0 aliphatic carbocycles. The lowest BCUT2D eigenvalue weighted by Crippen LogP contribution is -2.02. The summed E-state index contributed by atoms with van der Waals surface area (Å²) in [7, 11) is -6.00. The first-order valence-corrected chi connectivity index (χ1v) is 8.01. The van der Waals surface area contributed by atoms with E-state index >= 15 is 0 Å². The van der Waals surface area contributed by atoms with Crippen LogP contribution in [0.3, 0.4) is 0 Å². The lowest BCUT2D eigenvalue weighted by Gasteiger charge is -2.00. The minimum atomic E-state index is -6.00. The van der Waals surface area contributed by atoms with Crippen LogP contribution in [0.2, 0.25) is 0 Å². The molecule has 0 spiro atoms. The van der Waals surface area contributed by atoms with Gasteiger partial charge >= 0.3 is 18.6 Å². The van der Waals surface area contributed by atoms with E-state index in [0.717, 1.165) is 22.3 Å². The monoisotopic (exact) mass is 358 g/mol. The average Bonchev–Trinajstić information content (AvgIpc) is 2.61. The Hall–Kier alpha value is -2.89. The van der Waals surface area contributed by atoms with Gasteiger partial charge in [-0.15, -0.1) is 0 Å². The molecule has 0 aliphatic heterocycles. The Labute approximate surface area is 148 Å². The minimum absolute atomic E-state index is 0.914. The van der Waals surface area contributed by atoms with Crippen molar-refractivity contribution < 1.29 is 21.7 Å². The molecule has 0 unspecified atom stereocenters. The second kappa shape index (κ2) is 7.16. The van der Waals surface area contributed by atoms with E-state index in [0.29, 0.717) is 0 Å². The predicted molar refractivity (Wildman–Crippen MR) is 98.5 cm³/mol. The Morgan fingerprint density at radius 1 is 0.731 bits per heavy atom. The zero-order valence-corrected chi connectivity index (χ0v) is 13.9. The predicted octanol–water partition coefficient (Wildman–Crippen LogP) is 7.14. The highest BCUT2D eigenvalue weighted by atomic mass is 19.5. The zero-order chi connectivity index (χ0) is 18.7. The van der Waals surface area contributed by atoms with E-state index in [1.165, 1.54) is 16.3 Å². The number of hydrogen-bond acceptors (Lipinski definition) is 0. The molecule has 0 saturated heterocycles. The molecule has 4 aromatic rings. The Morgan fingerprint density at radius 3 is 2.04 bits per heavy atom. The fourth-order valence-corrected chi connectivity index (χ4v) is 2.82. The lowest BCUT2D eigenvalue weighted by molar-refractivity contribution is 0.368. The number of aryl methyl sites for hydroxylation is 1. The van der Waals surface area contributed by atoms with E-state index in [1.54, 1.807) is 0 Å². The second-order valence-electron chi connectivity index (χ2n) is 5.82. The molecule has 0 saturated carbocycles. The lowest BCUT2D eigenvalue weighted by atomic mass is 10.0. The third kappa shape index (κ3) is 4.20. The van der Waals surface area contributed by atoms with Crippen molar-refractivity contribution >= 4 is 29.0 Å². The van der Waals surface area contributed by atoms with Crippen molar-refractivity contribution in [1.29, 1.82) is 0 Å². The van der Waals surface area contributed by atoms with Gasteiger partial charge in [-0.1, -0.05) is 42.5 Å². The molecular formula is C20H15BF4O. The Morgan fingerprint density at radius 2 is 1.35 bits per heavy atom. The first-order valence-electron chi connectivity index (χ1n) is 8.01. The van der Waals surface area contributed by atoms with E-state index in [1.807, 2.05) is 18.2 Å². The fourth-order valence-electron chi connectivity index (χ4n) is 2.82. The highest BCUT2D eigenvalue weighted by Crippen LogP contribution is 2.32. The Bertz CT molecular complexity index is 1040. The van der Waals surface area contributed by atoms with Crippen molar-refractivity contribution in [2.75, 3.05) is 0 Å². The van der Waals surface area contributed by atoms with E-state index in [2.05, 4.69) is 61.5 Å². The van der Waals surface area contributed by atoms with Gasteiger partial charge in [0.2, 0.25) is 0 Å². The molecule has 26 heavy (non-hydrogen) atoms. The summed E-state index contributed by atoms with van der Waals surface area (Å²) >= 11 is 0. The van der Waals surface area contributed by atoms with Crippen molar-refractivity contribution in [2.24, 2.45) is 0 Å². The van der Waals surface area contributed by atoms with Gasteiger partial charge in [0.25, 0.3) is 0 Å². The van der Waals surface area contributed by atoms with Crippen LogP contribution in [0, 0.1) is 6.92 Å². The Kier molecular flexibility index (Phi) is 4.93. The maximum Gasteiger partial charge on any atom is 0.673 e. The first-order chi connectivity index (χ1) is 12.3. The molecular weight excluding hydrogens is 343 g/mol. The number of hydrogen-bond donors (Lipinski definition) is 0. The van der Waals surface area contributed by atoms with Crippen LogP contribution in [0.1, 0.15) is 5.56 Å². The molecule has 4 rings (SSSR count). The number of fused-ring (bicyclic) bond motifs is 3. The van der Waals surface area contributed by atoms with Crippen molar-refractivity contribution in [3.8, 4) is 11.3 Å². The molecule has 3 aromatic carbocycles. The summed E-state index contributed by atoms with van der Waals surface area (Å²) in [4.78, 5) is 0. The van der Waals surface area contributed by atoms with E-state index in [4.69, 9.17) is 4.42 Å². The summed E-state index contributed by atoms with van der Waals surface area (Å²) in [6.45, 7) is 2.14. The van der Waals surface area contributed by atoms with Gasteiger partial charge in [-0.2, -0.15) is 0 Å². The number of halogens is 4. The molecule has 0 radical (unpaired) electrons. The van der Waals surface area contributed by atoms with Crippen LogP contribution in [0.4, 0.5) is 17.3 Å². The van der Waals surface area contributed by atoms with Gasteiger partial charge in [-0.05, 0) is 42.1 Å². The van der Waals surface area contributed by atoms with Crippen molar-refractivity contribution in [1.82, 2.24) is 0 Å². The van der Waals surface area contributed by atoms with Gasteiger partial charge in [-0.25, -0.2) is 4.42 Å². The van der Waals surface area contributed by atoms with Crippen LogP contribution < -0.4 is 0 Å². The van der Waals surface area contributed by atoms with Gasteiger partial charge in [0.15, 0.2) is 0 Å². The number of rotatable bonds is 1. The zero-order valence-electron chi connectivity index (χ0n) is 13.9. The van der Waals surface area contributed by atoms with Crippen LogP contribution in [-0.4, -0.2) is 7.25 Å². The topological polar surface area (TPSA) is 11.3 Å². The highest BCUT2D eigenvalue weighted by Gasteiger charge is 2.21. The minimum Gasteiger partial charge on any atom is -0.418 e. The molecule has 1 nitrogen and oxygen atoms in total. The van der Waals surface area contributed by atoms with Crippen molar-refractivity contribution in [3.05, 3.63) is 78.4 Å². The van der Waals surface area contributed by atoms with Gasteiger partial charge < -0.3 is 17.3 Å². The summed E-state index contributed by atoms with van der Waals surface area (Å²) in [5, 5.41) is 3.54. The van der Waals surface area contributed by atoms with E-state index in [-0.39, 0.29) is 0 Å². The molecule has 1 heterocycles. The summed E-state index contributed by atoms with van der Waals surface area (Å²) in [6.07, 6.45) is 0. The maximum absolute atomic E-state index is 9.75. The third-order valence-corrected chi connectivity index (χ3v) is 3.92. The summed E-state index contributed by atoms with van der Waals surface area (Å²) in [5.74, 6) is 0.914. The summed E-state index contributed by atoms with van der Waals surface area (Å²) < 4.78 is 45.2. The van der Waals surface area contributed by atoms with Gasteiger partial charge in [0.05, 0.1) is 16.3 Å².